The molecule has 160 valence electrons. The second-order valence-electron chi connectivity index (χ2n) is 7.79. The van der Waals surface area contributed by atoms with Crippen molar-refractivity contribution in [2.75, 3.05) is 32.7 Å². The van der Waals surface area contributed by atoms with Crippen LogP contribution in [-0.2, 0) is 4.74 Å². The van der Waals surface area contributed by atoms with Crippen LogP contribution in [0.25, 0.3) is 0 Å². The molecule has 0 unspecified atom stereocenters. The highest BCUT2D eigenvalue weighted by Gasteiger charge is 2.34. The Balaban J connectivity index is 1.74. The number of ether oxygens (including phenoxy) is 1. The summed E-state index contributed by atoms with van der Waals surface area (Å²) in [5.74, 6) is 0.541. The van der Waals surface area contributed by atoms with Gasteiger partial charge < -0.3 is 30.7 Å². The van der Waals surface area contributed by atoms with E-state index in [-0.39, 0.29) is 23.8 Å². The number of phenols is 1. The average Bonchev–Trinajstić information content (AvgIpc) is 2.59. The Morgan fingerprint density at radius 3 is 2.45 bits per heavy atom. The molecule has 0 atom stereocenters. The molecule has 9 nitrogen and oxygen atoms in total. The van der Waals surface area contributed by atoms with Crippen molar-refractivity contribution in [2.24, 2.45) is 4.99 Å². The first-order chi connectivity index (χ1) is 13.7. The van der Waals surface area contributed by atoms with Crippen LogP contribution in [-0.4, -0.2) is 72.3 Å². The molecule has 2 amide bonds. The summed E-state index contributed by atoms with van der Waals surface area (Å²) in [6.07, 6.45) is -0.311. The Bertz CT molecular complexity index is 721. The van der Waals surface area contributed by atoms with Crippen molar-refractivity contribution in [3.8, 4) is 5.75 Å². The van der Waals surface area contributed by atoms with Gasteiger partial charge in [0, 0.05) is 31.7 Å². The number of guanidine groups is 1. The van der Waals surface area contributed by atoms with Crippen LogP contribution in [0.2, 0.25) is 0 Å². The number of carbonyl (C=O) groups is 2. The molecule has 0 bridgehead atoms. The van der Waals surface area contributed by atoms with Crippen molar-refractivity contribution in [2.45, 2.75) is 39.3 Å². The molecule has 9 heteroatoms. The zero-order chi connectivity index (χ0) is 21.4. The SMILES string of the molecule is CCNC(=NCCNC(=O)c1ccc(O)cc1)NC1CN(C(=O)OC(C)(C)C)C1. The van der Waals surface area contributed by atoms with Crippen molar-refractivity contribution >= 4 is 18.0 Å². The van der Waals surface area contributed by atoms with Gasteiger partial charge in [0.15, 0.2) is 5.96 Å². The Hall–Kier alpha value is -2.97. The molecule has 2 rings (SSSR count). The van der Waals surface area contributed by atoms with Gasteiger partial charge in [-0.2, -0.15) is 0 Å². The van der Waals surface area contributed by atoms with E-state index in [1.807, 2.05) is 27.7 Å². The third-order valence-electron chi connectivity index (χ3n) is 4.02. The fourth-order valence-electron chi connectivity index (χ4n) is 2.61. The van der Waals surface area contributed by atoms with E-state index in [2.05, 4.69) is 20.9 Å². The quantitative estimate of drug-likeness (QED) is 0.322. The van der Waals surface area contributed by atoms with Crippen LogP contribution >= 0.6 is 0 Å². The van der Waals surface area contributed by atoms with Gasteiger partial charge in [0.25, 0.3) is 5.91 Å². The monoisotopic (exact) mass is 405 g/mol. The summed E-state index contributed by atoms with van der Waals surface area (Å²) in [4.78, 5) is 30.1. The lowest BCUT2D eigenvalue weighted by molar-refractivity contribution is 0.00700. The molecule has 1 heterocycles. The molecular formula is C20H31N5O4. The number of benzene rings is 1. The number of hydrogen-bond acceptors (Lipinski definition) is 5. The fraction of sp³-hybridized carbons (Fsp3) is 0.550. The van der Waals surface area contributed by atoms with Gasteiger partial charge in [0.2, 0.25) is 0 Å². The topological polar surface area (TPSA) is 115 Å². The minimum absolute atomic E-state index is 0.104. The molecule has 1 aromatic carbocycles. The van der Waals surface area contributed by atoms with Crippen LogP contribution in [0.5, 0.6) is 5.75 Å². The molecule has 1 aliphatic heterocycles. The molecule has 29 heavy (non-hydrogen) atoms. The Morgan fingerprint density at radius 2 is 1.86 bits per heavy atom. The molecular weight excluding hydrogens is 374 g/mol. The lowest BCUT2D eigenvalue weighted by Crippen LogP contribution is -2.63. The van der Waals surface area contributed by atoms with E-state index in [0.29, 0.717) is 44.2 Å². The van der Waals surface area contributed by atoms with E-state index < -0.39 is 5.60 Å². The molecule has 1 aliphatic rings. The van der Waals surface area contributed by atoms with Gasteiger partial charge in [-0.05, 0) is 52.0 Å². The third kappa shape index (κ3) is 7.52. The lowest BCUT2D eigenvalue weighted by atomic mass is 10.1. The van der Waals surface area contributed by atoms with Crippen molar-refractivity contribution in [1.82, 2.24) is 20.9 Å². The fourth-order valence-corrected chi connectivity index (χ4v) is 2.61. The molecule has 0 spiro atoms. The van der Waals surface area contributed by atoms with Gasteiger partial charge >= 0.3 is 6.09 Å². The Labute approximate surface area is 171 Å². The maximum absolute atomic E-state index is 12.0. The summed E-state index contributed by atoms with van der Waals surface area (Å²) in [6, 6.07) is 6.17. The predicted octanol–water partition coefficient (Wildman–Crippen LogP) is 1.30. The summed E-state index contributed by atoms with van der Waals surface area (Å²) >= 11 is 0. The van der Waals surface area contributed by atoms with Gasteiger partial charge in [-0.3, -0.25) is 9.79 Å². The number of hydrogen-bond donors (Lipinski definition) is 4. The number of phenolic OH excluding ortho intramolecular Hbond substituents is 1. The number of aliphatic imine (C=N–C) groups is 1. The number of amides is 2. The predicted molar refractivity (Wildman–Crippen MR) is 111 cm³/mol. The van der Waals surface area contributed by atoms with Crippen LogP contribution in [0.3, 0.4) is 0 Å². The molecule has 0 aromatic heterocycles. The summed E-state index contributed by atoms with van der Waals surface area (Å²) in [5, 5.41) is 18.5. The normalized spacial score (nSPS) is 14.8. The molecule has 1 saturated heterocycles. The number of nitrogens with zero attached hydrogens (tertiary/aromatic N) is 2. The summed E-state index contributed by atoms with van der Waals surface area (Å²) in [6.45, 7) is 10.1. The van der Waals surface area contributed by atoms with Crippen LogP contribution in [0, 0.1) is 0 Å². The van der Waals surface area contributed by atoms with E-state index in [1.165, 1.54) is 12.1 Å². The van der Waals surface area contributed by atoms with Gasteiger partial charge in [-0.15, -0.1) is 0 Å². The Morgan fingerprint density at radius 1 is 1.21 bits per heavy atom. The van der Waals surface area contributed by atoms with Crippen molar-refractivity contribution in [1.29, 1.82) is 0 Å². The highest BCUT2D eigenvalue weighted by atomic mass is 16.6. The molecule has 0 saturated carbocycles. The van der Waals surface area contributed by atoms with Crippen molar-refractivity contribution in [3.63, 3.8) is 0 Å². The maximum atomic E-state index is 12.0. The summed E-state index contributed by atoms with van der Waals surface area (Å²) in [7, 11) is 0. The van der Waals surface area contributed by atoms with Gasteiger partial charge in [-0.25, -0.2) is 4.79 Å². The number of rotatable bonds is 6. The first kappa shape index (κ1) is 22.3. The lowest BCUT2D eigenvalue weighted by Gasteiger charge is -2.40. The van der Waals surface area contributed by atoms with Gasteiger partial charge in [0.1, 0.15) is 11.4 Å². The molecule has 0 aliphatic carbocycles. The first-order valence-corrected chi connectivity index (χ1v) is 9.78. The van der Waals surface area contributed by atoms with Crippen molar-refractivity contribution < 1.29 is 19.4 Å². The van der Waals surface area contributed by atoms with E-state index in [9.17, 15) is 14.7 Å². The molecule has 4 N–H and O–H groups in total. The second-order valence-corrected chi connectivity index (χ2v) is 7.79. The van der Waals surface area contributed by atoms with Crippen molar-refractivity contribution in [3.05, 3.63) is 29.8 Å². The minimum atomic E-state index is -0.503. The van der Waals surface area contributed by atoms with E-state index in [4.69, 9.17) is 4.74 Å². The van der Waals surface area contributed by atoms with Crippen LogP contribution in [0.15, 0.2) is 29.3 Å². The zero-order valence-corrected chi connectivity index (χ0v) is 17.5. The van der Waals surface area contributed by atoms with E-state index in [1.54, 1.807) is 17.0 Å². The van der Waals surface area contributed by atoms with Crippen LogP contribution < -0.4 is 16.0 Å². The average molecular weight is 405 g/mol. The maximum Gasteiger partial charge on any atom is 0.410 e. The molecule has 0 radical (unpaired) electrons. The minimum Gasteiger partial charge on any atom is -0.508 e. The first-order valence-electron chi connectivity index (χ1n) is 9.78. The smallest absolute Gasteiger partial charge is 0.410 e. The highest BCUT2D eigenvalue weighted by molar-refractivity contribution is 5.94. The van der Waals surface area contributed by atoms with E-state index >= 15 is 0 Å². The van der Waals surface area contributed by atoms with Crippen LogP contribution in [0.1, 0.15) is 38.1 Å². The number of likely N-dealkylation sites (tertiary alicyclic amines) is 1. The summed E-state index contributed by atoms with van der Waals surface area (Å²) < 4.78 is 5.35. The number of carbonyl (C=O) groups excluding carboxylic acids is 2. The van der Waals surface area contributed by atoms with E-state index in [0.717, 1.165) is 0 Å². The third-order valence-corrected chi connectivity index (χ3v) is 4.02. The highest BCUT2D eigenvalue weighted by Crippen LogP contribution is 2.15. The second kappa shape index (κ2) is 9.99. The Kier molecular flexibility index (Phi) is 7.69. The van der Waals surface area contributed by atoms with Gasteiger partial charge in [-0.1, -0.05) is 0 Å². The standard InChI is InChI=1S/C20H31N5O4/c1-5-21-18(24-15-12-25(13-15)19(28)29-20(2,3)4)23-11-10-22-17(27)14-6-8-16(26)9-7-14/h6-9,15,26H,5,10-13H2,1-4H3,(H,22,27)(H2,21,23,24). The number of nitrogens with one attached hydrogen (secondary N) is 3. The molecule has 1 aromatic rings. The largest absolute Gasteiger partial charge is 0.508 e. The zero-order valence-electron chi connectivity index (χ0n) is 17.5. The summed E-state index contributed by atoms with van der Waals surface area (Å²) in [5.41, 5.74) is -0.0233. The molecule has 1 fully saturated rings. The number of aromatic hydroxyl groups is 1. The van der Waals surface area contributed by atoms with Crippen LogP contribution in [0.4, 0.5) is 4.79 Å². The van der Waals surface area contributed by atoms with Gasteiger partial charge in [0.05, 0.1) is 12.6 Å².